The van der Waals surface area contributed by atoms with Gasteiger partial charge in [-0.3, -0.25) is 15.2 Å². The second-order valence-corrected chi connectivity index (χ2v) is 4.02. The van der Waals surface area contributed by atoms with Crippen LogP contribution in [0, 0.1) is 5.41 Å². The molecule has 0 aliphatic heterocycles. The molecule has 98 valence electrons. The monoisotopic (exact) mass is 289 g/mol. The summed E-state index contributed by atoms with van der Waals surface area (Å²) in [5, 5.41) is 15.5. The van der Waals surface area contributed by atoms with Crippen molar-refractivity contribution < 1.29 is 9.90 Å². The van der Waals surface area contributed by atoms with Gasteiger partial charge in [-0.1, -0.05) is 29.3 Å². The lowest BCUT2D eigenvalue weighted by molar-refractivity contribution is -0.134. The van der Waals surface area contributed by atoms with E-state index in [0.717, 1.165) is 12.5 Å². The van der Waals surface area contributed by atoms with E-state index in [1.807, 2.05) is 0 Å². The zero-order valence-corrected chi connectivity index (χ0v) is 11.2. The number of nitrogens with two attached hydrogens (primary N) is 1. The highest BCUT2D eigenvalue weighted by Gasteiger charge is 1.97. The third kappa shape index (κ3) is 8.55. The standard InChI is InChI=1S/C9H9Cl2N3.C2H4O2/c10-7-2-1-6(8(11)3-7)4-14-5-9(12)13;1-2(3)4/h1-4H,5H2,(H3,12,13);1H3,(H,3,4). The molecule has 0 atom stereocenters. The Hall–Kier alpha value is -1.59. The average Bonchev–Trinajstić information content (AvgIpc) is 2.20. The number of rotatable bonds is 3. The number of carbonyl (C=O) groups is 1. The number of nitrogens with one attached hydrogen (secondary N) is 1. The normalized spacial score (nSPS) is 9.72. The number of carboxylic acid groups (broad SMARTS) is 1. The van der Waals surface area contributed by atoms with Crippen molar-refractivity contribution in [2.45, 2.75) is 6.92 Å². The van der Waals surface area contributed by atoms with Gasteiger partial charge in [0.1, 0.15) is 5.84 Å². The SMILES string of the molecule is CC(=O)O.N=C(N)CN=Cc1ccc(Cl)cc1Cl. The summed E-state index contributed by atoms with van der Waals surface area (Å²) in [6, 6.07) is 5.12. The molecule has 18 heavy (non-hydrogen) atoms. The van der Waals surface area contributed by atoms with E-state index < -0.39 is 5.97 Å². The highest BCUT2D eigenvalue weighted by atomic mass is 35.5. The van der Waals surface area contributed by atoms with Crippen LogP contribution in [0.1, 0.15) is 12.5 Å². The molecular weight excluding hydrogens is 277 g/mol. The van der Waals surface area contributed by atoms with Gasteiger partial charge < -0.3 is 10.8 Å². The molecule has 0 amide bonds. The zero-order chi connectivity index (χ0) is 14.1. The fourth-order valence-corrected chi connectivity index (χ4v) is 1.31. The van der Waals surface area contributed by atoms with E-state index in [1.165, 1.54) is 0 Å². The van der Waals surface area contributed by atoms with Crippen LogP contribution in [0.15, 0.2) is 23.2 Å². The Kier molecular flexibility index (Phi) is 7.74. The molecule has 0 radical (unpaired) electrons. The minimum atomic E-state index is -0.833. The number of benzene rings is 1. The summed E-state index contributed by atoms with van der Waals surface area (Å²) in [5.74, 6) is -0.814. The second-order valence-electron chi connectivity index (χ2n) is 3.18. The summed E-state index contributed by atoms with van der Waals surface area (Å²) in [5.41, 5.74) is 5.90. The van der Waals surface area contributed by atoms with E-state index >= 15 is 0 Å². The van der Waals surface area contributed by atoms with E-state index in [2.05, 4.69) is 4.99 Å². The largest absolute Gasteiger partial charge is 0.481 e. The van der Waals surface area contributed by atoms with Gasteiger partial charge in [-0.05, 0) is 12.1 Å². The third-order valence-corrected chi connectivity index (χ3v) is 2.02. The summed E-state index contributed by atoms with van der Waals surface area (Å²) in [7, 11) is 0. The number of amidine groups is 1. The molecule has 0 aliphatic rings. The number of aliphatic carboxylic acids is 1. The predicted molar refractivity (Wildman–Crippen MR) is 74.1 cm³/mol. The minimum absolute atomic E-state index is 0.0198. The van der Waals surface area contributed by atoms with E-state index in [0.29, 0.717) is 10.0 Å². The van der Waals surface area contributed by atoms with Crippen LogP contribution in [-0.2, 0) is 4.79 Å². The molecule has 1 aromatic rings. The van der Waals surface area contributed by atoms with Crippen LogP contribution >= 0.6 is 23.2 Å². The summed E-state index contributed by atoms with van der Waals surface area (Å²) in [6.45, 7) is 1.26. The van der Waals surface area contributed by atoms with Crippen molar-refractivity contribution in [1.29, 1.82) is 5.41 Å². The maximum absolute atomic E-state index is 9.00. The minimum Gasteiger partial charge on any atom is -0.481 e. The van der Waals surface area contributed by atoms with Crippen molar-refractivity contribution in [3.8, 4) is 0 Å². The first kappa shape index (κ1) is 16.4. The molecule has 0 saturated heterocycles. The van der Waals surface area contributed by atoms with Gasteiger partial charge in [0.05, 0.1) is 11.6 Å². The van der Waals surface area contributed by atoms with Crippen LogP contribution in [-0.4, -0.2) is 29.7 Å². The average molecular weight is 290 g/mol. The van der Waals surface area contributed by atoms with Gasteiger partial charge in [0.15, 0.2) is 0 Å². The second kappa shape index (κ2) is 8.49. The lowest BCUT2D eigenvalue weighted by Crippen LogP contribution is -2.13. The molecular formula is C11H13Cl2N3O2. The topological polar surface area (TPSA) is 99.5 Å². The van der Waals surface area contributed by atoms with E-state index in [1.54, 1.807) is 24.4 Å². The van der Waals surface area contributed by atoms with Crippen LogP contribution < -0.4 is 5.73 Å². The van der Waals surface area contributed by atoms with Crippen molar-refractivity contribution in [2.75, 3.05) is 6.54 Å². The fourth-order valence-electron chi connectivity index (χ4n) is 0.849. The lowest BCUT2D eigenvalue weighted by Gasteiger charge is -1.97. The number of hydrogen-bond acceptors (Lipinski definition) is 3. The smallest absolute Gasteiger partial charge is 0.300 e. The van der Waals surface area contributed by atoms with Gasteiger partial charge >= 0.3 is 0 Å². The summed E-state index contributed by atoms with van der Waals surface area (Å²) in [4.78, 5) is 12.9. The lowest BCUT2D eigenvalue weighted by atomic mass is 10.2. The Morgan fingerprint density at radius 1 is 1.56 bits per heavy atom. The number of hydrogen-bond donors (Lipinski definition) is 3. The molecule has 1 aromatic carbocycles. The first-order chi connectivity index (χ1) is 8.32. The molecule has 1 rings (SSSR count). The zero-order valence-electron chi connectivity index (χ0n) is 9.65. The van der Waals surface area contributed by atoms with Gasteiger partial charge in [-0.2, -0.15) is 0 Å². The van der Waals surface area contributed by atoms with Gasteiger partial charge in [-0.25, -0.2) is 0 Å². The molecule has 0 spiro atoms. The molecule has 0 bridgehead atoms. The molecule has 0 heterocycles. The van der Waals surface area contributed by atoms with Crippen LogP contribution in [0.5, 0.6) is 0 Å². The summed E-state index contributed by atoms with van der Waals surface area (Å²) >= 11 is 11.6. The molecule has 0 aliphatic carbocycles. The van der Waals surface area contributed by atoms with E-state index in [9.17, 15) is 0 Å². The Morgan fingerprint density at radius 2 is 2.11 bits per heavy atom. The first-order valence-electron chi connectivity index (χ1n) is 4.80. The van der Waals surface area contributed by atoms with Gasteiger partial charge in [0.2, 0.25) is 0 Å². The molecule has 5 nitrogen and oxygen atoms in total. The van der Waals surface area contributed by atoms with Crippen molar-refractivity contribution >= 4 is 41.2 Å². The molecule has 0 saturated carbocycles. The Morgan fingerprint density at radius 3 is 2.56 bits per heavy atom. The quantitative estimate of drug-likeness (QED) is 0.588. The first-order valence-corrected chi connectivity index (χ1v) is 5.55. The van der Waals surface area contributed by atoms with Crippen molar-refractivity contribution in [2.24, 2.45) is 10.7 Å². The van der Waals surface area contributed by atoms with Gasteiger partial charge in [0.25, 0.3) is 5.97 Å². The number of nitrogens with zero attached hydrogens (tertiary/aromatic N) is 1. The molecule has 0 fully saturated rings. The highest BCUT2D eigenvalue weighted by Crippen LogP contribution is 2.19. The number of halogens is 2. The molecule has 0 aromatic heterocycles. The predicted octanol–water partition coefficient (Wildman–Crippen LogP) is 2.44. The fraction of sp³-hybridized carbons (Fsp3) is 0.182. The summed E-state index contributed by atoms with van der Waals surface area (Å²) in [6.07, 6.45) is 1.57. The summed E-state index contributed by atoms with van der Waals surface area (Å²) < 4.78 is 0. The van der Waals surface area contributed by atoms with Crippen LogP contribution in [0.25, 0.3) is 0 Å². The van der Waals surface area contributed by atoms with Crippen molar-refractivity contribution in [1.82, 2.24) is 0 Å². The number of aliphatic imine (C=N–C) groups is 1. The number of carboxylic acids is 1. The van der Waals surface area contributed by atoms with Crippen LogP contribution in [0.4, 0.5) is 0 Å². The van der Waals surface area contributed by atoms with E-state index in [4.69, 9.17) is 44.2 Å². The Balaban J connectivity index is 0.000000631. The molecule has 0 unspecified atom stereocenters. The molecule has 4 N–H and O–H groups in total. The van der Waals surface area contributed by atoms with Crippen molar-refractivity contribution in [3.63, 3.8) is 0 Å². The van der Waals surface area contributed by atoms with E-state index in [-0.39, 0.29) is 12.4 Å². The molecule has 7 heteroatoms. The van der Waals surface area contributed by atoms with Crippen LogP contribution in [0.3, 0.4) is 0 Å². The Labute approximate surface area is 115 Å². The van der Waals surface area contributed by atoms with Crippen LogP contribution in [0.2, 0.25) is 10.0 Å². The highest BCUT2D eigenvalue weighted by molar-refractivity contribution is 6.36. The van der Waals surface area contributed by atoms with Gasteiger partial charge in [0, 0.05) is 23.7 Å². The third-order valence-electron chi connectivity index (χ3n) is 1.45. The van der Waals surface area contributed by atoms with Crippen molar-refractivity contribution in [3.05, 3.63) is 33.8 Å². The van der Waals surface area contributed by atoms with Gasteiger partial charge in [-0.15, -0.1) is 0 Å². The maximum Gasteiger partial charge on any atom is 0.300 e. The maximum atomic E-state index is 9.00. The Bertz CT molecular complexity index is 458.